The molecule has 4 rings (SSSR count). The molecule has 0 radical (unpaired) electrons. The second kappa shape index (κ2) is 8.63. The molecular weight excluding hydrogens is 428 g/mol. The van der Waals surface area contributed by atoms with Gasteiger partial charge in [-0.05, 0) is 55.3 Å². The smallest absolute Gasteiger partial charge is 0.272 e. The maximum atomic E-state index is 12.8. The number of aromatic amines is 1. The Morgan fingerprint density at radius 3 is 2.63 bits per heavy atom. The largest absolute Gasteiger partial charge is 0.467 e. The normalized spacial score (nSPS) is 15.9. The minimum Gasteiger partial charge on any atom is -0.467 e. The van der Waals surface area contributed by atoms with E-state index < -0.39 is 10.0 Å². The van der Waals surface area contributed by atoms with Crippen LogP contribution in [0.1, 0.15) is 40.7 Å². The first kappa shape index (κ1) is 20.6. The standard InChI is InChI=1S/C20H21ClN4O4S/c21-15-3-5-17(6-4-15)30(27,28)25-9-7-14(8-10-25)18-12-19(24-23-18)20(26)22-13-16-2-1-11-29-16/h1-6,11-12,14H,7-10,13H2,(H,22,26)(H,23,24). The van der Waals surface area contributed by atoms with Crippen LogP contribution in [0, 0.1) is 0 Å². The summed E-state index contributed by atoms with van der Waals surface area (Å²) in [5, 5.41) is 10.3. The van der Waals surface area contributed by atoms with Gasteiger partial charge in [-0.2, -0.15) is 9.40 Å². The number of hydrogen-bond donors (Lipinski definition) is 2. The minimum atomic E-state index is -3.55. The molecule has 1 amide bonds. The monoisotopic (exact) mass is 448 g/mol. The van der Waals surface area contributed by atoms with Crippen molar-refractivity contribution in [1.82, 2.24) is 19.8 Å². The molecule has 2 aromatic heterocycles. The quantitative estimate of drug-likeness (QED) is 0.602. The van der Waals surface area contributed by atoms with Gasteiger partial charge in [0.1, 0.15) is 11.5 Å². The average Bonchev–Trinajstić information content (AvgIpc) is 3.45. The van der Waals surface area contributed by atoms with Crippen molar-refractivity contribution in [3.63, 3.8) is 0 Å². The molecule has 0 aliphatic carbocycles. The first-order valence-corrected chi connectivity index (χ1v) is 11.4. The molecule has 1 fully saturated rings. The van der Waals surface area contributed by atoms with Crippen molar-refractivity contribution in [2.75, 3.05) is 13.1 Å². The summed E-state index contributed by atoms with van der Waals surface area (Å²) < 4.78 is 32.3. The molecule has 3 aromatic rings. The van der Waals surface area contributed by atoms with Gasteiger partial charge in [-0.15, -0.1) is 0 Å². The molecule has 0 bridgehead atoms. The summed E-state index contributed by atoms with van der Waals surface area (Å²) in [5.74, 6) is 0.478. The Kier molecular flexibility index (Phi) is 5.94. The third kappa shape index (κ3) is 4.43. The van der Waals surface area contributed by atoms with Gasteiger partial charge in [0, 0.05) is 29.7 Å². The Balaban J connectivity index is 1.35. The number of carbonyl (C=O) groups is 1. The minimum absolute atomic E-state index is 0.112. The van der Waals surface area contributed by atoms with Crippen molar-refractivity contribution in [3.8, 4) is 0 Å². The van der Waals surface area contributed by atoms with Crippen LogP contribution in [-0.4, -0.2) is 41.9 Å². The van der Waals surface area contributed by atoms with E-state index in [1.807, 2.05) is 0 Å². The zero-order valence-electron chi connectivity index (χ0n) is 16.0. The van der Waals surface area contributed by atoms with Crippen molar-refractivity contribution in [3.05, 3.63) is 70.9 Å². The number of sulfonamides is 1. The molecule has 1 aromatic carbocycles. The number of halogens is 1. The molecule has 0 saturated carbocycles. The highest BCUT2D eigenvalue weighted by molar-refractivity contribution is 7.89. The molecule has 8 nitrogen and oxygen atoms in total. The third-order valence-electron chi connectivity index (χ3n) is 5.18. The van der Waals surface area contributed by atoms with Crippen molar-refractivity contribution < 1.29 is 17.6 Å². The summed E-state index contributed by atoms with van der Waals surface area (Å²) in [5.41, 5.74) is 1.13. The summed E-state index contributed by atoms with van der Waals surface area (Å²) in [6, 6.07) is 11.5. The third-order valence-corrected chi connectivity index (χ3v) is 7.34. The number of hydrogen-bond acceptors (Lipinski definition) is 5. The van der Waals surface area contributed by atoms with E-state index in [-0.39, 0.29) is 23.3 Å². The van der Waals surface area contributed by atoms with Crippen molar-refractivity contribution >= 4 is 27.5 Å². The molecule has 1 saturated heterocycles. The highest BCUT2D eigenvalue weighted by Crippen LogP contribution is 2.30. The zero-order chi connectivity index (χ0) is 21.1. The Hall–Kier alpha value is -2.62. The van der Waals surface area contributed by atoms with Crippen molar-refractivity contribution in [2.45, 2.75) is 30.2 Å². The predicted octanol–water partition coefficient (Wildman–Crippen LogP) is 3.15. The fourth-order valence-electron chi connectivity index (χ4n) is 3.50. The lowest BCUT2D eigenvalue weighted by atomic mass is 9.94. The highest BCUT2D eigenvalue weighted by atomic mass is 35.5. The van der Waals surface area contributed by atoms with Crippen LogP contribution in [0.15, 0.2) is 58.0 Å². The number of nitrogens with zero attached hydrogens (tertiary/aromatic N) is 2. The molecule has 2 N–H and O–H groups in total. The fourth-order valence-corrected chi connectivity index (χ4v) is 5.09. The van der Waals surface area contributed by atoms with Gasteiger partial charge < -0.3 is 9.73 Å². The van der Waals surface area contributed by atoms with Crippen molar-refractivity contribution in [2.24, 2.45) is 0 Å². The number of furan rings is 1. The SMILES string of the molecule is O=C(NCc1ccco1)c1cc(C2CCN(S(=O)(=O)c3ccc(Cl)cc3)CC2)[nH]n1. The molecule has 3 heterocycles. The molecule has 30 heavy (non-hydrogen) atoms. The predicted molar refractivity (Wildman–Crippen MR) is 111 cm³/mol. The van der Waals surface area contributed by atoms with Crippen LogP contribution in [0.2, 0.25) is 5.02 Å². The molecule has 158 valence electrons. The van der Waals surface area contributed by atoms with E-state index in [1.165, 1.54) is 16.4 Å². The lowest BCUT2D eigenvalue weighted by Crippen LogP contribution is -2.37. The van der Waals surface area contributed by atoms with E-state index in [1.54, 1.807) is 36.6 Å². The van der Waals surface area contributed by atoms with Crippen LogP contribution >= 0.6 is 11.6 Å². The van der Waals surface area contributed by atoms with Gasteiger partial charge >= 0.3 is 0 Å². The Morgan fingerprint density at radius 2 is 1.97 bits per heavy atom. The number of aromatic nitrogens is 2. The van der Waals surface area contributed by atoms with Gasteiger partial charge in [-0.25, -0.2) is 8.42 Å². The van der Waals surface area contributed by atoms with Gasteiger partial charge in [0.25, 0.3) is 5.91 Å². The first-order valence-electron chi connectivity index (χ1n) is 9.55. The highest BCUT2D eigenvalue weighted by Gasteiger charge is 2.30. The van der Waals surface area contributed by atoms with Gasteiger partial charge in [-0.1, -0.05) is 11.6 Å². The van der Waals surface area contributed by atoms with Gasteiger partial charge in [-0.3, -0.25) is 9.89 Å². The van der Waals surface area contributed by atoms with Gasteiger partial charge in [0.2, 0.25) is 10.0 Å². The molecule has 0 atom stereocenters. The van der Waals surface area contributed by atoms with E-state index in [0.717, 1.165) is 5.69 Å². The fraction of sp³-hybridized carbons (Fsp3) is 0.300. The van der Waals surface area contributed by atoms with E-state index in [0.29, 0.717) is 42.4 Å². The summed E-state index contributed by atoms with van der Waals surface area (Å²) in [6.45, 7) is 1.08. The Bertz CT molecular complexity index is 1100. The molecule has 1 aliphatic heterocycles. The summed E-state index contributed by atoms with van der Waals surface area (Å²) in [4.78, 5) is 12.5. The van der Waals surface area contributed by atoms with Crippen molar-refractivity contribution in [1.29, 1.82) is 0 Å². The van der Waals surface area contributed by atoms with Crippen LogP contribution in [0.25, 0.3) is 0 Å². The van der Waals surface area contributed by atoms with Crippen LogP contribution in [0.4, 0.5) is 0 Å². The van der Waals surface area contributed by atoms with E-state index in [4.69, 9.17) is 16.0 Å². The van der Waals surface area contributed by atoms with Gasteiger partial charge in [0.05, 0.1) is 17.7 Å². The lowest BCUT2D eigenvalue weighted by Gasteiger charge is -2.30. The summed E-state index contributed by atoms with van der Waals surface area (Å²) in [7, 11) is -3.55. The van der Waals surface area contributed by atoms with Crippen LogP contribution < -0.4 is 5.32 Å². The van der Waals surface area contributed by atoms with E-state index in [2.05, 4.69) is 15.5 Å². The number of rotatable bonds is 6. The lowest BCUT2D eigenvalue weighted by molar-refractivity contribution is 0.0943. The Morgan fingerprint density at radius 1 is 1.23 bits per heavy atom. The molecule has 10 heteroatoms. The number of carbonyl (C=O) groups excluding carboxylic acids is 1. The van der Waals surface area contributed by atoms with E-state index in [9.17, 15) is 13.2 Å². The maximum absolute atomic E-state index is 12.8. The van der Waals surface area contributed by atoms with Gasteiger partial charge in [0.15, 0.2) is 0 Å². The summed E-state index contributed by atoms with van der Waals surface area (Å²) >= 11 is 5.85. The van der Waals surface area contributed by atoms with Crippen LogP contribution in [0.3, 0.4) is 0 Å². The van der Waals surface area contributed by atoms with Crippen LogP contribution in [0.5, 0.6) is 0 Å². The number of benzene rings is 1. The maximum Gasteiger partial charge on any atom is 0.272 e. The van der Waals surface area contributed by atoms with Crippen LogP contribution in [-0.2, 0) is 16.6 Å². The second-order valence-corrected chi connectivity index (χ2v) is 9.48. The Labute approximate surface area is 179 Å². The number of H-pyrrole nitrogens is 1. The summed E-state index contributed by atoms with van der Waals surface area (Å²) in [6.07, 6.45) is 2.83. The number of amides is 1. The topological polar surface area (TPSA) is 108 Å². The molecular formula is C20H21ClN4O4S. The molecule has 0 spiro atoms. The molecule has 0 unspecified atom stereocenters. The zero-order valence-corrected chi connectivity index (χ0v) is 17.6. The average molecular weight is 449 g/mol. The molecule has 1 aliphatic rings. The van der Waals surface area contributed by atoms with E-state index >= 15 is 0 Å². The second-order valence-electron chi connectivity index (χ2n) is 7.10. The first-order chi connectivity index (χ1) is 14.4. The number of piperidine rings is 1. The number of nitrogens with one attached hydrogen (secondary N) is 2.